The first kappa shape index (κ1) is 24.8. The third-order valence-electron chi connectivity index (χ3n) is 8.72. The molecule has 2 aromatic heterocycles. The van der Waals surface area contributed by atoms with Crippen LogP contribution in [0.25, 0.3) is 10.6 Å². The Bertz CT molecular complexity index is 1020. The molecule has 3 heterocycles. The van der Waals surface area contributed by atoms with Gasteiger partial charge in [-0.05, 0) is 48.6 Å². The first-order valence-electron chi connectivity index (χ1n) is 13.0. The summed E-state index contributed by atoms with van der Waals surface area (Å²) in [5.41, 5.74) is 2.19. The van der Waals surface area contributed by atoms with Gasteiger partial charge >= 0.3 is 0 Å². The summed E-state index contributed by atoms with van der Waals surface area (Å²) in [5.74, 6) is 0.0645. The molecule has 0 aromatic carbocycles. The minimum atomic E-state index is -0.513. The fraction of sp³-hybridized carbons (Fsp3) is 0.667. The van der Waals surface area contributed by atoms with Crippen molar-refractivity contribution in [2.24, 2.45) is 23.2 Å². The minimum Gasteiger partial charge on any atom is -0.392 e. The number of carbonyl (C=O) groups is 1. The number of thiazole rings is 1. The number of nitrogens with zero attached hydrogens (tertiary/aromatic N) is 3. The Morgan fingerprint density at radius 1 is 1.40 bits per heavy atom. The van der Waals surface area contributed by atoms with Crippen LogP contribution in [0.5, 0.6) is 0 Å². The molecule has 0 bridgehead atoms. The quantitative estimate of drug-likeness (QED) is 0.635. The van der Waals surface area contributed by atoms with E-state index in [9.17, 15) is 9.90 Å². The van der Waals surface area contributed by atoms with E-state index in [1.165, 1.54) is 4.88 Å². The number of aromatic nitrogens is 2. The first-order chi connectivity index (χ1) is 16.9. The SMILES string of the molecule is C[C@H](C(=O)NCCN1CCOCC1)[C@H]1CC[C@]2(C)Cc3sc(-c4cccnc4)nc3[C@H](C)[C@@H]2[C@H]1O. The van der Waals surface area contributed by atoms with E-state index in [1.807, 2.05) is 19.2 Å². The van der Waals surface area contributed by atoms with Crippen LogP contribution < -0.4 is 5.32 Å². The van der Waals surface area contributed by atoms with Crippen molar-refractivity contribution in [3.05, 3.63) is 35.1 Å². The number of aliphatic hydroxyl groups is 1. The van der Waals surface area contributed by atoms with E-state index in [1.54, 1.807) is 17.5 Å². The average Bonchev–Trinajstić information content (AvgIpc) is 3.29. The second-order valence-corrected chi connectivity index (χ2v) is 12.0. The van der Waals surface area contributed by atoms with Gasteiger partial charge < -0.3 is 15.2 Å². The van der Waals surface area contributed by atoms with Gasteiger partial charge in [-0.15, -0.1) is 11.3 Å². The fourth-order valence-corrected chi connectivity index (χ4v) is 8.03. The van der Waals surface area contributed by atoms with Gasteiger partial charge in [-0.1, -0.05) is 20.8 Å². The topological polar surface area (TPSA) is 87.6 Å². The molecule has 3 aliphatic rings. The van der Waals surface area contributed by atoms with Crippen molar-refractivity contribution in [2.45, 2.75) is 52.1 Å². The molecular formula is C27H38N4O3S. The number of aliphatic hydroxyl groups excluding tert-OH is 1. The highest BCUT2D eigenvalue weighted by Crippen LogP contribution is 2.57. The normalized spacial score (nSPS) is 31.9. The number of morpholine rings is 1. The molecular weight excluding hydrogens is 460 g/mol. The van der Waals surface area contributed by atoms with Crippen molar-refractivity contribution in [1.82, 2.24) is 20.2 Å². The first-order valence-corrected chi connectivity index (χ1v) is 13.8. The highest BCUT2D eigenvalue weighted by atomic mass is 32.1. The number of carbonyl (C=O) groups excluding carboxylic acids is 1. The van der Waals surface area contributed by atoms with E-state index in [-0.39, 0.29) is 35.0 Å². The minimum absolute atomic E-state index is 0.0214. The van der Waals surface area contributed by atoms with Gasteiger partial charge in [0, 0.05) is 60.8 Å². The molecule has 2 fully saturated rings. The van der Waals surface area contributed by atoms with Gasteiger partial charge in [-0.3, -0.25) is 14.7 Å². The Kier molecular flexibility index (Phi) is 7.26. The summed E-state index contributed by atoms with van der Waals surface area (Å²) < 4.78 is 5.40. The predicted molar refractivity (Wildman–Crippen MR) is 137 cm³/mol. The Morgan fingerprint density at radius 2 is 2.20 bits per heavy atom. The van der Waals surface area contributed by atoms with Crippen LogP contribution in [0.3, 0.4) is 0 Å². The summed E-state index contributed by atoms with van der Waals surface area (Å²) in [7, 11) is 0. The molecule has 1 saturated carbocycles. The summed E-state index contributed by atoms with van der Waals surface area (Å²) in [6.45, 7) is 11.4. The highest BCUT2D eigenvalue weighted by Gasteiger charge is 2.53. The monoisotopic (exact) mass is 498 g/mol. The molecule has 0 spiro atoms. The molecule has 0 radical (unpaired) electrons. The molecule has 1 amide bonds. The predicted octanol–water partition coefficient (Wildman–Crippen LogP) is 3.34. The number of pyridine rings is 1. The van der Waals surface area contributed by atoms with Crippen LogP contribution in [0.4, 0.5) is 0 Å². The van der Waals surface area contributed by atoms with E-state index < -0.39 is 6.10 Å². The number of hydrogen-bond donors (Lipinski definition) is 2. The zero-order valence-electron chi connectivity index (χ0n) is 21.1. The lowest BCUT2D eigenvalue weighted by atomic mass is 9.53. The number of fused-ring (bicyclic) bond motifs is 2. The van der Waals surface area contributed by atoms with E-state index in [0.29, 0.717) is 6.54 Å². The number of nitrogens with one attached hydrogen (secondary N) is 1. The summed E-state index contributed by atoms with van der Waals surface area (Å²) in [5, 5.41) is 15.8. The zero-order chi connectivity index (χ0) is 24.6. The third-order valence-corrected chi connectivity index (χ3v) is 9.84. The summed E-state index contributed by atoms with van der Waals surface area (Å²) in [4.78, 5) is 26.0. The van der Waals surface area contributed by atoms with Crippen LogP contribution in [0, 0.1) is 23.2 Å². The molecule has 1 aliphatic heterocycles. The Morgan fingerprint density at radius 3 is 2.94 bits per heavy atom. The Balaban J connectivity index is 1.27. The molecule has 8 heteroatoms. The molecule has 6 atom stereocenters. The van der Waals surface area contributed by atoms with Crippen molar-refractivity contribution in [1.29, 1.82) is 0 Å². The number of amides is 1. The third kappa shape index (κ3) is 4.90. The second kappa shape index (κ2) is 10.2. The molecule has 5 rings (SSSR count). The standard InChI is InChI=1S/C27H38N4O3S/c1-17(25(33)29-9-10-31-11-13-34-14-12-31)20-6-7-27(3)15-21-23(18(2)22(27)24(20)32)30-26(35-21)19-5-4-8-28-16-19/h4-5,8,16-18,20,22,24,32H,6-7,9-15H2,1-3H3,(H,29,33)/t17-,18+,20+,22+,24-,27+/m0/s1. The molecule has 2 aliphatic carbocycles. The number of ether oxygens (including phenoxy) is 1. The molecule has 35 heavy (non-hydrogen) atoms. The number of hydrogen-bond acceptors (Lipinski definition) is 7. The van der Waals surface area contributed by atoms with Crippen molar-refractivity contribution < 1.29 is 14.6 Å². The summed E-state index contributed by atoms with van der Waals surface area (Å²) in [6.07, 6.45) is 5.98. The molecule has 1 saturated heterocycles. The molecule has 190 valence electrons. The second-order valence-electron chi connectivity index (χ2n) is 10.9. The lowest BCUT2D eigenvalue weighted by molar-refractivity contribution is -0.134. The largest absolute Gasteiger partial charge is 0.392 e. The van der Waals surface area contributed by atoms with E-state index in [0.717, 1.165) is 68.4 Å². The fourth-order valence-electron chi connectivity index (χ4n) is 6.68. The van der Waals surface area contributed by atoms with Crippen LogP contribution in [0.15, 0.2) is 24.5 Å². The summed E-state index contributed by atoms with van der Waals surface area (Å²) in [6, 6.07) is 4.00. The Hall–Kier alpha value is -1.87. The average molecular weight is 499 g/mol. The van der Waals surface area contributed by atoms with Crippen LogP contribution >= 0.6 is 11.3 Å². The van der Waals surface area contributed by atoms with Gasteiger partial charge in [-0.2, -0.15) is 0 Å². The smallest absolute Gasteiger partial charge is 0.223 e. The van der Waals surface area contributed by atoms with Gasteiger partial charge in [0.15, 0.2) is 0 Å². The van der Waals surface area contributed by atoms with Crippen LogP contribution in [-0.4, -0.2) is 71.4 Å². The molecule has 7 nitrogen and oxygen atoms in total. The lowest BCUT2D eigenvalue weighted by Crippen LogP contribution is -2.53. The van der Waals surface area contributed by atoms with Gasteiger partial charge in [0.25, 0.3) is 0 Å². The van der Waals surface area contributed by atoms with Gasteiger partial charge in [0.05, 0.1) is 25.0 Å². The van der Waals surface area contributed by atoms with Crippen LogP contribution in [-0.2, 0) is 16.0 Å². The maximum Gasteiger partial charge on any atom is 0.223 e. The molecule has 2 N–H and O–H groups in total. The lowest BCUT2D eigenvalue weighted by Gasteiger charge is -2.53. The van der Waals surface area contributed by atoms with E-state index in [4.69, 9.17) is 9.72 Å². The highest BCUT2D eigenvalue weighted by molar-refractivity contribution is 7.15. The van der Waals surface area contributed by atoms with Gasteiger partial charge in [0.1, 0.15) is 5.01 Å². The molecule has 0 unspecified atom stereocenters. The van der Waals surface area contributed by atoms with E-state index >= 15 is 0 Å². The molecule has 2 aromatic rings. The van der Waals surface area contributed by atoms with Gasteiger partial charge in [-0.25, -0.2) is 4.98 Å². The zero-order valence-corrected chi connectivity index (χ0v) is 21.9. The Labute approximate surface area is 212 Å². The van der Waals surface area contributed by atoms with Crippen molar-refractivity contribution >= 4 is 17.2 Å². The van der Waals surface area contributed by atoms with E-state index in [2.05, 4.69) is 35.1 Å². The van der Waals surface area contributed by atoms with Crippen LogP contribution in [0.2, 0.25) is 0 Å². The maximum absolute atomic E-state index is 13.0. The van der Waals surface area contributed by atoms with Gasteiger partial charge in [0.2, 0.25) is 5.91 Å². The van der Waals surface area contributed by atoms with Crippen molar-refractivity contribution in [3.8, 4) is 10.6 Å². The van der Waals surface area contributed by atoms with Crippen LogP contribution in [0.1, 0.15) is 50.1 Å². The summed E-state index contributed by atoms with van der Waals surface area (Å²) >= 11 is 1.77. The maximum atomic E-state index is 13.0. The van der Waals surface area contributed by atoms with Crippen molar-refractivity contribution in [3.63, 3.8) is 0 Å². The number of rotatable bonds is 6. The van der Waals surface area contributed by atoms with Crippen molar-refractivity contribution in [2.75, 3.05) is 39.4 Å².